The van der Waals surface area contributed by atoms with E-state index in [0.717, 1.165) is 103 Å². The molecule has 2 unspecified atom stereocenters. The molecule has 0 saturated heterocycles. The molecule has 0 aromatic carbocycles. The average molecular weight is 1450 g/mol. The highest BCUT2D eigenvalue weighted by atomic mass is 31.2. The topological polar surface area (TPSA) is 237 Å². The summed E-state index contributed by atoms with van der Waals surface area (Å²) in [5, 5.41) is 10.6. The van der Waals surface area contributed by atoms with Crippen LogP contribution in [0, 0.1) is 0 Å². The Bertz CT molecular complexity index is 1970. The SMILES string of the molecule is CCCCCC/C=C\C=C/CCCCCCCC(=O)O[C@H](COC(=O)CCCCCCCCCCCC)COP(=O)(O)OC[C@H](O)COP(=O)(O)OC[C@@H](COC(=O)CCCCCCCCCCCCCCCCCCC)OC(=O)CCCCCCCCCCCCCCCCCCC. The van der Waals surface area contributed by atoms with E-state index in [0.29, 0.717) is 25.7 Å². The monoisotopic (exact) mass is 1450 g/mol. The molecule has 0 heterocycles. The number of unbranched alkanes of at least 4 members (excludes halogenated alkanes) is 50. The fraction of sp³-hybridized carbons (Fsp3) is 0.900. The van der Waals surface area contributed by atoms with Crippen LogP contribution in [0.4, 0.5) is 0 Å². The summed E-state index contributed by atoms with van der Waals surface area (Å²) in [5.41, 5.74) is 0. The van der Waals surface area contributed by atoms with Gasteiger partial charge in [-0.2, -0.15) is 0 Å². The Hall–Kier alpha value is -2.46. The van der Waals surface area contributed by atoms with Crippen LogP contribution in [-0.2, 0) is 65.4 Å². The van der Waals surface area contributed by atoms with Gasteiger partial charge >= 0.3 is 39.5 Å². The number of hydrogen-bond donors (Lipinski definition) is 3. The fourth-order valence-electron chi connectivity index (χ4n) is 11.9. The van der Waals surface area contributed by atoms with Crippen LogP contribution in [0.25, 0.3) is 0 Å². The molecular formula is C80H152O17P2. The van der Waals surface area contributed by atoms with Gasteiger partial charge in [-0.15, -0.1) is 0 Å². The van der Waals surface area contributed by atoms with Crippen molar-refractivity contribution in [2.24, 2.45) is 0 Å². The molecule has 0 saturated carbocycles. The van der Waals surface area contributed by atoms with Crippen molar-refractivity contribution in [2.45, 2.75) is 425 Å². The van der Waals surface area contributed by atoms with Gasteiger partial charge < -0.3 is 33.8 Å². The summed E-state index contributed by atoms with van der Waals surface area (Å²) in [6.07, 6.45) is 68.7. The van der Waals surface area contributed by atoms with Crippen molar-refractivity contribution in [3.63, 3.8) is 0 Å². The molecule has 0 aromatic rings. The first-order valence-corrected chi connectivity index (χ1v) is 44.1. The summed E-state index contributed by atoms with van der Waals surface area (Å²) in [4.78, 5) is 72.9. The number of carbonyl (C=O) groups is 4. The van der Waals surface area contributed by atoms with E-state index in [4.69, 9.17) is 37.0 Å². The number of esters is 4. The maximum absolute atomic E-state index is 13.1. The molecule has 0 aliphatic heterocycles. The molecule has 19 heteroatoms. The Morgan fingerprint density at radius 3 is 0.737 bits per heavy atom. The number of aliphatic hydroxyl groups is 1. The first-order valence-electron chi connectivity index (χ1n) is 41.1. The van der Waals surface area contributed by atoms with E-state index in [1.54, 1.807) is 0 Å². The van der Waals surface area contributed by atoms with Gasteiger partial charge in [-0.3, -0.25) is 37.3 Å². The number of phosphoric acid groups is 2. The Balaban J connectivity index is 5.27. The zero-order chi connectivity index (χ0) is 72.5. The zero-order valence-electron chi connectivity index (χ0n) is 64.0. The number of aliphatic hydroxyl groups excluding tert-OH is 1. The van der Waals surface area contributed by atoms with E-state index in [9.17, 15) is 43.2 Å². The van der Waals surface area contributed by atoms with Gasteiger partial charge in [-0.25, -0.2) is 9.13 Å². The van der Waals surface area contributed by atoms with Crippen LogP contribution >= 0.6 is 15.6 Å². The highest BCUT2D eigenvalue weighted by Gasteiger charge is 2.30. The summed E-state index contributed by atoms with van der Waals surface area (Å²) >= 11 is 0. The van der Waals surface area contributed by atoms with Gasteiger partial charge in [0.2, 0.25) is 0 Å². The Kier molecular flexibility index (Phi) is 72.0. The molecule has 0 amide bonds. The van der Waals surface area contributed by atoms with Crippen LogP contribution < -0.4 is 0 Å². The third kappa shape index (κ3) is 73.6. The zero-order valence-corrected chi connectivity index (χ0v) is 65.7. The first kappa shape index (κ1) is 96.5. The molecular weight excluding hydrogens is 1290 g/mol. The van der Waals surface area contributed by atoms with Crippen molar-refractivity contribution < 1.29 is 80.2 Å². The Labute approximate surface area is 605 Å². The lowest BCUT2D eigenvalue weighted by molar-refractivity contribution is -0.161. The Morgan fingerprint density at radius 2 is 0.485 bits per heavy atom. The average Bonchev–Trinajstić information content (AvgIpc) is 1.04. The van der Waals surface area contributed by atoms with Crippen molar-refractivity contribution in [1.82, 2.24) is 0 Å². The van der Waals surface area contributed by atoms with E-state index in [-0.39, 0.29) is 25.7 Å². The predicted molar refractivity (Wildman–Crippen MR) is 405 cm³/mol. The van der Waals surface area contributed by atoms with E-state index < -0.39 is 97.5 Å². The summed E-state index contributed by atoms with van der Waals surface area (Å²) in [6.45, 7) is 4.95. The van der Waals surface area contributed by atoms with Crippen molar-refractivity contribution in [3.8, 4) is 0 Å². The molecule has 0 rings (SSSR count). The quantitative estimate of drug-likeness (QED) is 0.0169. The molecule has 0 aromatic heterocycles. The summed E-state index contributed by atoms with van der Waals surface area (Å²) < 4.78 is 68.6. The fourth-order valence-corrected chi connectivity index (χ4v) is 13.5. The standard InChI is InChI=1S/C80H152O17P2/c1-5-9-13-17-21-25-29-32-35-37-40-42-45-49-53-57-61-65-78(83)91-71-76(97-80(85)67-63-59-55-51-47-44-41-38-36-33-30-26-22-18-14-10-6-2)73-95-99(88,89)93-69-74(81)68-92-98(86,87)94-72-75(70-90-77(82)64-60-56-52-48-28-24-20-16-12-8-4)96-79(84)66-62-58-54-50-46-43-39-34-31-27-23-19-15-11-7-3/h27,31,34,39,74-76,81H,5-26,28-30,32-33,35-38,40-73H2,1-4H3,(H,86,87)(H,88,89)/b31-27-,39-34-/t74-,75+,76+/m0/s1. The van der Waals surface area contributed by atoms with E-state index in [1.807, 2.05) is 0 Å². The number of rotatable bonds is 79. The minimum absolute atomic E-state index is 0.0858. The van der Waals surface area contributed by atoms with Gasteiger partial charge in [-0.05, 0) is 51.4 Å². The molecule has 17 nitrogen and oxygen atoms in total. The molecule has 0 spiro atoms. The highest BCUT2D eigenvalue weighted by Crippen LogP contribution is 2.45. The molecule has 5 atom stereocenters. The number of allylic oxidation sites excluding steroid dienone is 4. The van der Waals surface area contributed by atoms with Crippen LogP contribution in [0.3, 0.4) is 0 Å². The summed E-state index contributed by atoms with van der Waals surface area (Å²) in [5.74, 6) is -2.14. The van der Waals surface area contributed by atoms with Crippen LogP contribution in [0.1, 0.15) is 407 Å². The van der Waals surface area contributed by atoms with E-state index in [1.165, 1.54) is 225 Å². The first-order chi connectivity index (χ1) is 48.2. The molecule has 3 N–H and O–H groups in total. The largest absolute Gasteiger partial charge is 0.472 e. The van der Waals surface area contributed by atoms with Gasteiger partial charge in [0.25, 0.3) is 0 Å². The number of hydrogen-bond acceptors (Lipinski definition) is 15. The molecule has 0 radical (unpaired) electrons. The van der Waals surface area contributed by atoms with Crippen molar-refractivity contribution >= 4 is 39.5 Å². The lowest BCUT2D eigenvalue weighted by atomic mass is 10.0. The molecule has 99 heavy (non-hydrogen) atoms. The van der Waals surface area contributed by atoms with Gasteiger partial charge in [0, 0.05) is 25.7 Å². The molecule has 0 fully saturated rings. The normalized spacial score (nSPS) is 14.0. The minimum atomic E-state index is -4.96. The van der Waals surface area contributed by atoms with E-state index >= 15 is 0 Å². The smallest absolute Gasteiger partial charge is 0.462 e. The van der Waals surface area contributed by atoms with Crippen LogP contribution in [-0.4, -0.2) is 96.7 Å². The number of phosphoric ester groups is 2. The van der Waals surface area contributed by atoms with Gasteiger partial charge in [0.1, 0.15) is 19.3 Å². The lowest BCUT2D eigenvalue weighted by Crippen LogP contribution is -2.30. The maximum Gasteiger partial charge on any atom is 0.472 e. The van der Waals surface area contributed by atoms with Crippen molar-refractivity contribution in [2.75, 3.05) is 39.6 Å². The van der Waals surface area contributed by atoms with Crippen molar-refractivity contribution in [1.29, 1.82) is 0 Å². The second-order valence-electron chi connectivity index (χ2n) is 28.1. The maximum atomic E-state index is 13.1. The van der Waals surface area contributed by atoms with Crippen LogP contribution in [0.15, 0.2) is 24.3 Å². The molecule has 584 valence electrons. The van der Waals surface area contributed by atoms with E-state index in [2.05, 4.69) is 52.0 Å². The second-order valence-corrected chi connectivity index (χ2v) is 31.0. The van der Waals surface area contributed by atoms with Gasteiger partial charge in [0.05, 0.1) is 26.4 Å². The second kappa shape index (κ2) is 73.8. The molecule has 0 bridgehead atoms. The number of ether oxygens (including phenoxy) is 4. The van der Waals surface area contributed by atoms with Gasteiger partial charge in [-0.1, -0.05) is 354 Å². The third-order valence-corrected chi connectivity index (χ3v) is 20.1. The lowest BCUT2D eigenvalue weighted by Gasteiger charge is -2.21. The summed E-state index contributed by atoms with van der Waals surface area (Å²) in [7, 11) is -9.93. The number of carbonyl (C=O) groups excluding carboxylic acids is 4. The van der Waals surface area contributed by atoms with Gasteiger partial charge in [0.15, 0.2) is 12.2 Å². The Morgan fingerprint density at radius 1 is 0.283 bits per heavy atom. The molecule has 0 aliphatic rings. The minimum Gasteiger partial charge on any atom is -0.462 e. The van der Waals surface area contributed by atoms with Crippen LogP contribution in [0.5, 0.6) is 0 Å². The predicted octanol–water partition coefficient (Wildman–Crippen LogP) is 23.7. The molecule has 0 aliphatic carbocycles. The summed E-state index contributed by atoms with van der Waals surface area (Å²) in [6, 6.07) is 0. The third-order valence-electron chi connectivity index (χ3n) is 18.2. The highest BCUT2D eigenvalue weighted by molar-refractivity contribution is 7.47. The van der Waals surface area contributed by atoms with Crippen molar-refractivity contribution in [3.05, 3.63) is 24.3 Å². The van der Waals surface area contributed by atoms with Crippen LogP contribution in [0.2, 0.25) is 0 Å².